The van der Waals surface area contributed by atoms with Gasteiger partial charge in [-0.1, -0.05) is 18.9 Å². The average molecular weight is 543 g/mol. The number of hydrogen-bond acceptors (Lipinski definition) is 6. The molecule has 1 amide bonds. The number of aromatic hydroxyl groups is 1. The lowest BCUT2D eigenvalue weighted by atomic mass is 9.81. The number of phenols is 1. The van der Waals surface area contributed by atoms with Crippen molar-refractivity contribution in [2.75, 3.05) is 16.4 Å². The van der Waals surface area contributed by atoms with Crippen LogP contribution < -0.4 is 9.14 Å². The van der Waals surface area contributed by atoms with Crippen molar-refractivity contribution in [1.29, 1.82) is 0 Å². The summed E-state index contributed by atoms with van der Waals surface area (Å²) in [5.74, 6) is -1.38. The number of hydrazine groups is 1. The van der Waals surface area contributed by atoms with Crippen LogP contribution in [0.5, 0.6) is 5.75 Å². The standard InChI is InChI=1S/C16H22IN3O6S2/c1-27(23,24)18-13-5-3-2-4-12(13)8-11-6-7-14(15(21)9-11)20-19(17)16(22)10-28(20,25)26/h6-7,9,12-13,18,21H,2-5,8,10H2,1H3/t12-,13+/m0/s1. The average Bonchev–Trinajstić information content (AvgIpc) is 2.76. The van der Waals surface area contributed by atoms with Crippen LogP contribution in [0.2, 0.25) is 0 Å². The van der Waals surface area contributed by atoms with E-state index >= 15 is 0 Å². The van der Waals surface area contributed by atoms with Gasteiger partial charge < -0.3 is 5.11 Å². The minimum absolute atomic E-state index is 0.0125. The number of carbonyl (C=O) groups is 1. The highest BCUT2D eigenvalue weighted by atomic mass is 127. The second-order valence-electron chi connectivity index (χ2n) is 7.22. The van der Waals surface area contributed by atoms with E-state index in [1.54, 1.807) is 28.9 Å². The number of hydrogen-bond donors (Lipinski definition) is 2. The summed E-state index contributed by atoms with van der Waals surface area (Å²) in [6.07, 6.45) is 5.30. The number of nitrogens with one attached hydrogen (secondary N) is 1. The fraction of sp³-hybridized carbons (Fsp3) is 0.562. The predicted octanol–water partition coefficient (Wildman–Crippen LogP) is 1.29. The molecule has 2 N–H and O–H groups in total. The lowest BCUT2D eigenvalue weighted by molar-refractivity contribution is -0.121. The van der Waals surface area contributed by atoms with Gasteiger partial charge in [0.1, 0.15) is 11.4 Å². The predicted molar refractivity (Wildman–Crippen MR) is 113 cm³/mol. The van der Waals surface area contributed by atoms with Crippen molar-refractivity contribution < 1.29 is 26.7 Å². The summed E-state index contributed by atoms with van der Waals surface area (Å²) in [5.41, 5.74) is 0.787. The third-order valence-corrected chi connectivity index (χ3v) is 8.44. The molecule has 2 atom stereocenters. The smallest absolute Gasteiger partial charge is 0.268 e. The molecule has 1 aliphatic carbocycles. The summed E-state index contributed by atoms with van der Waals surface area (Å²) in [5, 5.41) is 10.4. The Bertz CT molecular complexity index is 982. The molecule has 1 saturated heterocycles. The van der Waals surface area contributed by atoms with Crippen molar-refractivity contribution in [2.45, 2.75) is 38.1 Å². The Labute approximate surface area is 178 Å². The summed E-state index contributed by atoms with van der Waals surface area (Å²) < 4.78 is 52.1. The third-order valence-electron chi connectivity index (χ3n) is 4.95. The summed E-state index contributed by atoms with van der Waals surface area (Å²) in [4.78, 5) is 11.7. The van der Waals surface area contributed by atoms with Crippen LogP contribution in [0.1, 0.15) is 31.2 Å². The number of halogens is 1. The minimum atomic E-state index is -3.86. The molecule has 0 unspecified atom stereocenters. The van der Waals surface area contributed by atoms with Gasteiger partial charge in [0.05, 0.1) is 29.1 Å². The van der Waals surface area contributed by atoms with Gasteiger partial charge in [0.15, 0.2) is 5.75 Å². The number of nitrogens with zero attached hydrogens (tertiary/aromatic N) is 2. The van der Waals surface area contributed by atoms with E-state index < -0.39 is 31.7 Å². The zero-order chi connectivity index (χ0) is 20.7. The van der Waals surface area contributed by atoms with Crippen LogP contribution in [0.3, 0.4) is 0 Å². The molecule has 3 rings (SSSR count). The van der Waals surface area contributed by atoms with Crippen molar-refractivity contribution in [3.05, 3.63) is 23.8 Å². The highest BCUT2D eigenvalue weighted by molar-refractivity contribution is 14.1. The quantitative estimate of drug-likeness (QED) is 0.426. The fourth-order valence-electron chi connectivity index (χ4n) is 3.77. The molecule has 1 aromatic carbocycles. The fourth-order valence-corrected chi connectivity index (χ4v) is 7.39. The first kappa shape index (κ1) is 21.6. The van der Waals surface area contributed by atoms with E-state index in [1.165, 1.54) is 12.1 Å². The third kappa shape index (κ3) is 4.71. The molecule has 0 radical (unpaired) electrons. The number of rotatable bonds is 5. The van der Waals surface area contributed by atoms with E-state index in [2.05, 4.69) is 4.72 Å². The molecular formula is C16H22IN3O6S2. The van der Waals surface area contributed by atoms with Crippen molar-refractivity contribution in [2.24, 2.45) is 5.92 Å². The first-order valence-electron chi connectivity index (χ1n) is 8.79. The molecule has 0 bridgehead atoms. The molecule has 1 aliphatic heterocycles. The molecule has 1 heterocycles. The van der Waals surface area contributed by atoms with Crippen LogP contribution in [0.25, 0.3) is 0 Å². The summed E-state index contributed by atoms with van der Waals surface area (Å²) >= 11 is 1.59. The molecule has 1 aromatic rings. The van der Waals surface area contributed by atoms with Gasteiger partial charge in [0, 0.05) is 6.04 Å². The first-order chi connectivity index (χ1) is 13.0. The van der Waals surface area contributed by atoms with Crippen LogP contribution in [-0.2, 0) is 31.3 Å². The van der Waals surface area contributed by atoms with Crippen molar-refractivity contribution in [3.63, 3.8) is 0 Å². The van der Waals surface area contributed by atoms with E-state index in [0.29, 0.717) is 6.42 Å². The Morgan fingerprint density at radius 1 is 1.29 bits per heavy atom. The van der Waals surface area contributed by atoms with Crippen LogP contribution in [0.4, 0.5) is 5.69 Å². The molecule has 0 spiro atoms. The molecule has 9 nitrogen and oxygen atoms in total. The summed E-state index contributed by atoms with van der Waals surface area (Å²) in [6, 6.07) is 4.48. The van der Waals surface area contributed by atoms with Gasteiger partial charge in [-0.25, -0.2) is 21.6 Å². The van der Waals surface area contributed by atoms with E-state index in [-0.39, 0.29) is 23.4 Å². The van der Waals surface area contributed by atoms with Crippen molar-refractivity contribution in [3.8, 4) is 5.75 Å². The number of amides is 1. The van der Waals surface area contributed by atoms with Gasteiger partial charge in [0.2, 0.25) is 10.0 Å². The highest BCUT2D eigenvalue weighted by Crippen LogP contribution is 2.37. The summed E-state index contributed by atoms with van der Waals surface area (Å²) in [7, 11) is -7.17. The van der Waals surface area contributed by atoms with Crippen molar-refractivity contribution >= 4 is 54.5 Å². The van der Waals surface area contributed by atoms with Crippen molar-refractivity contribution in [1.82, 2.24) is 7.94 Å². The minimum Gasteiger partial charge on any atom is -0.506 e. The topological polar surface area (TPSA) is 124 Å². The van der Waals surface area contributed by atoms with Gasteiger partial charge in [0.25, 0.3) is 15.9 Å². The Hall–Kier alpha value is -1.12. The molecule has 156 valence electrons. The van der Waals surface area contributed by atoms with E-state index in [9.17, 15) is 26.7 Å². The maximum absolute atomic E-state index is 12.2. The Kier molecular flexibility index (Phi) is 6.13. The molecule has 0 aromatic heterocycles. The van der Waals surface area contributed by atoms with E-state index in [0.717, 1.165) is 45.1 Å². The number of anilines is 1. The van der Waals surface area contributed by atoms with Gasteiger partial charge in [-0.05, 0) is 42.9 Å². The molecule has 2 fully saturated rings. The first-order valence-corrected chi connectivity index (χ1v) is 13.3. The second kappa shape index (κ2) is 7.95. The number of carbonyl (C=O) groups excluding carboxylic acids is 1. The van der Waals surface area contributed by atoms with Crippen LogP contribution in [0.15, 0.2) is 18.2 Å². The van der Waals surface area contributed by atoms with Gasteiger partial charge in [-0.3, -0.25) is 4.79 Å². The molecular weight excluding hydrogens is 521 g/mol. The van der Waals surface area contributed by atoms with Gasteiger partial charge in [-0.2, -0.15) is 7.64 Å². The lowest BCUT2D eigenvalue weighted by Gasteiger charge is -2.32. The molecule has 12 heteroatoms. The second-order valence-corrected chi connectivity index (χ2v) is 11.7. The Morgan fingerprint density at radius 3 is 2.54 bits per heavy atom. The SMILES string of the molecule is CS(=O)(=O)N[C@@H]1CCCC[C@H]1Cc1ccc(N2N(I)C(=O)CS2(=O)=O)c(O)c1. The monoisotopic (exact) mass is 543 g/mol. The summed E-state index contributed by atoms with van der Waals surface area (Å²) in [6.45, 7) is 0. The van der Waals surface area contributed by atoms with Gasteiger partial charge >= 0.3 is 0 Å². The maximum Gasteiger partial charge on any atom is 0.268 e. The lowest BCUT2D eigenvalue weighted by Crippen LogP contribution is -2.42. The van der Waals surface area contributed by atoms with Gasteiger partial charge in [-0.15, -0.1) is 0 Å². The molecule has 2 aliphatic rings. The number of benzene rings is 1. The number of sulfonamides is 2. The normalized spacial score (nSPS) is 25.3. The van der Waals surface area contributed by atoms with E-state index in [1.807, 2.05) is 0 Å². The number of phenolic OH excluding ortho intramolecular Hbond substituents is 1. The zero-order valence-corrected chi connectivity index (χ0v) is 19.0. The largest absolute Gasteiger partial charge is 0.506 e. The van der Waals surface area contributed by atoms with E-state index in [4.69, 9.17) is 0 Å². The Balaban J connectivity index is 1.81. The highest BCUT2D eigenvalue weighted by Gasteiger charge is 2.42. The maximum atomic E-state index is 12.2. The van der Waals surface area contributed by atoms with Crippen LogP contribution in [-0.4, -0.2) is 49.1 Å². The van der Waals surface area contributed by atoms with Crippen LogP contribution >= 0.6 is 22.9 Å². The van der Waals surface area contributed by atoms with Crippen LogP contribution in [0, 0.1) is 5.92 Å². The molecule has 28 heavy (non-hydrogen) atoms. The zero-order valence-electron chi connectivity index (χ0n) is 15.2. The Morgan fingerprint density at radius 2 is 1.96 bits per heavy atom. The molecule has 1 saturated carbocycles.